The fourth-order valence-corrected chi connectivity index (χ4v) is 6.23. The Balaban J connectivity index is 1.37. The first-order valence-electron chi connectivity index (χ1n) is 11.7. The number of aromatic nitrogens is 1. The van der Waals surface area contributed by atoms with Gasteiger partial charge in [-0.1, -0.05) is 32.0 Å². The highest BCUT2D eigenvalue weighted by molar-refractivity contribution is 7.92. The normalized spacial score (nSPS) is 18.1. The maximum atomic E-state index is 13.0. The van der Waals surface area contributed by atoms with Gasteiger partial charge in [0.25, 0.3) is 0 Å². The molecule has 0 bridgehead atoms. The summed E-state index contributed by atoms with van der Waals surface area (Å²) in [5, 5.41) is 1.85. The molecule has 2 aromatic carbocycles. The van der Waals surface area contributed by atoms with Gasteiger partial charge in [0.1, 0.15) is 5.75 Å². The van der Waals surface area contributed by atoms with Crippen molar-refractivity contribution in [3.05, 3.63) is 83.7 Å². The number of methoxy groups -OCH3 is 1. The first-order valence-corrected chi connectivity index (χ1v) is 13.2. The van der Waals surface area contributed by atoms with Gasteiger partial charge in [0.05, 0.1) is 40.4 Å². The number of benzene rings is 2. The first kappa shape index (κ1) is 26.7. The smallest absolute Gasteiger partial charge is 0.416 e. The molecule has 6 nitrogen and oxygen atoms in total. The summed E-state index contributed by atoms with van der Waals surface area (Å²) < 4.78 is 69.7. The molecule has 1 aliphatic carbocycles. The molecule has 1 heterocycles. The molecule has 0 spiro atoms. The van der Waals surface area contributed by atoms with Crippen LogP contribution in [0.3, 0.4) is 0 Å². The lowest BCUT2D eigenvalue weighted by molar-refractivity contribution is -0.137. The van der Waals surface area contributed by atoms with Gasteiger partial charge in [-0.15, -0.1) is 0 Å². The lowest BCUT2D eigenvalue weighted by atomic mass is 9.81. The van der Waals surface area contributed by atoms with Gasteiger partial charge in [0.2, 0.25) is 5.91 Å². The van der Waals surface area contributed by atoms with Crippen LogP contribution in [0.15, 0.2) is 71.8 Å². The summed E-state index contributed by atoms with van der Waals surface area (Å²) in [5.41, 5.74) is 0.900. The van der Waals surface area contributed by atoms with Crippen molar-refractivity contribution in [2.75, 3.05) is 12.4 Å². The molecule has 1 N–H and O–H groups in total. The number of carbonyl (C=O) groups is 1. The largest absolute Gasteiger partial charge is 0.497 e. The summed E-state index contributed by atoms with van der Waals surface area (Å²) >= 11 is 0. The number of rotatable bonds is 7. The molecule has 3 aromatic rings. The van der Waals surface area contributed by atoms with Crippen LogP contribution in [0.5, 0.6) is 5.75 Å². The Morgan fingerprint density at radius 2 is 1.68 bits per heavy atom. The quantitative estimate of drug-likeness (QED) is 0.427. The van der Waals surface area contributed by atoms with Crippen molar-refractivity contribution in [3.63, 3.8) is 0 Å². The molecule has 1 saturated carbocycles. The third-order valence-corrected chi connectivity index (χ3v) is 9.05. The number of halogens is 3. The highest BCUT2D eigenvalue weighted by Gasteiger charge is 2.43. The Morgan fingerprint density at radius 1 is 1.00 bits per heavy atom. The van der Waals surface area contributed by atoms with E-state index in [0.717, 1.165) is 35.2 Å². The Hall–Kier alpha value is -3.40. The Labute approximate surface area is 213 Å². The van der Waals surface area contributed by atoms with E-state index < -0.39 is 38.2 Å². The molecule has 1 fully saturated rings. The van der Waals surface area contributed by atoms with E-state index in [4.69, 9.17) is 4.74 Å². The lowest BCUT2D eigenvalue weighted by Gasteiger charge is -2.33. The molecule has 0 atom stereocenters. The Bertz CT molecular complexity index is 1380. The standard InChI is InChI=1S/C27H27F3N2O4S/c1-26(2,18-7-10-21(36-3)11-8-18)24-12-9-20(16-31-24)32-25(33)17-13-23(14-17)37(34,35)22-6-4-5-19(15-22)27(28,29)30/h4-12,15-17,23H,13-14H2,1-3H3,(H,32,33)/t17-,23-. The van der Waals surface area contributed by atoms with E-state index in [1.54, 1.807) is 19.4 Å². The summed E-state index contributed by atoms with van der Waals surface area (Å²) in [6, 6.07) is 15.0. The second kappa shape index (κ2) is 9.81. The number of sulfone groups is 1. The van der Waals surface area contributed by atoms with Crippen LogP contribution < -0.4 is 10.1 Å². The number of anilines is 1. The zero-order valence-corrected chi connectivity index (χ0v) is 21.4. The summed E-state index contributed by atoms with van der Waals surface area (Å²) in [7, 11) is -2.37. The fourth-order valence-electron chi connectivity index (χ4n) is 4.31. The van der Waals surface area contributed by atoms with E-state index >= 15 is 0 Å². The molecule has 1 amide bonds. The number of ether oxygens (including phenoxy) is 1. The van der Waals surface area contributed by atoms with Crippen LogP contribution in [0, 0.1) is 5.92 Å². The van der Waals surface area contributed by atoms with Gasteiger partial charge >= 0.3 is 6.18 Å². The van der Waals surface area contributed by atoms with Gasteiger partial charge in [-0.05, 0) is 60.9 Å². The van der Waals surface area contributed by atoms with E-state index in [1.165, 1.54) is 0 Å². The van der Waals surface area contributed by atoms with Crippen molar-refractivity contribution in [1.29, 1.82) is 0 Å². The Morgan fingerprint density at radius 3 is 2.24 bits per heavy atom. The molecule has 0 unspecified atom stereocenters. The zero-order valence-electron chi connectivity index (χ0n) is 20.5. The van der Waals surface area contributed by atoms with Crippen LogP contribution in [0.4, 0.5) is 18.9 Å². The molecule has 0 radical (unpaired) electrons. The molecular weight excluding hydrogens is 505 g/mol. The number of amides is 1. The molecule has 1 aliphatic rings. The van der Waals surface area contributed by atoms with Crippen LogP contribution in [-0.2, 0) is 26.2 Å². The van der Waals surface area contributed by atoms with Gasteiger partial charge in [0.15, 0.2) is 9.84 Å². The second-order valence-electron chi connectivity index (χ2n) is 9.64. The second-order valence-corrected chi connectivity index (χ2v) is 11.9. The number of hydrogen-bond acceptors (Lipinski definition) is 5. The molecule has 37 heavy (non-hydrogen) atoms. The number of pyridine rings is 1. The van der Waals surface area contributed by atoms with Gasteiger partial charge in [-0.2, -0.15) is 13.2 Å². The number of nitrogens with one attached hydrogen (secondary N) is 1. The average molecular weight is 533 g/mol. The van der Waals surface area contributed by atoms with E-state index in [2.05, 4.69) is 10.3 Å². The van der Waals surface area contributed by atoms with Crippen molar-refractivity contribution >= 4 is 21.4 Å². The van der Waals surface area contributed by atoms with Gasteiger partial charge in [-0.25, -0.2) is 8.42 Å². The maximum Gasteiger partial charge on any atom is 0.416 e. The highest BCUT2D eigenvalue weighted by Crippen LogP contribution is 2.39. The monoisotopic (exact) mass is 532 g/mol. The van der Waals surface area contributed by atoms with E-state index in [1.807, 2.05) is 44.2 Å². The van der Waals surface area contributed by atoms with Crippen molar-refractivity contribution in [2.45, 2.75) is 48.4 Å². The molecule has 196 valence electrons. The van der Waals surface area contributed by atoms with Crippen LogP contribution in [0.1, 0.15) is 43.5 Å². The third kappa shape index (κ3) is 5.49. The number of carbonyl (C=O) groups excluding carboxylic acids is 1. The maximum absolute atomic E-state index is 13.0. The first-order chi connectivity index (χ1) is 17.3. The number of nitrogens with zero attached hydrogens (tertiary/aromatic N) is 1. The molecular formula is C27H27F3N2O4S. The number of hydrogen-bond donors (Lipinski definition) is 1. The van der Waals surface area contributed by atoms with Crippen LogP contribution in [0.25, 0.3) is 0 Å². The topological polar surface area (TPSA) is 85.4 Å². The highest BCUT2D eigenvalue weighted by atomic mass is 32.2. The van der Waals surface area contributed by atoms with Crippen molar-refractivity contribution in [1.82, 2.24) is 4.98 Å². The fraction of sp³-hybridized carbons (Fsp3) is 0.333. The van der Waals surface area contributed by atoms with Crippen molar-refractivity contribution in [3.8, 4) is 5.75 Å². The summed E-state index contributed by atoms with van der Waals surface area (Å²) in [6.45, 7) is 4.07. The molecule has 1 aromatic heterocycles. The van der Waals surface area contributed by atoms with Crippen LogP contribution >= 0.6 is 0 Å². The molecule has 0 aliphatic heterocycles. The van der Waals surface area contributed by atoms with Crippen LogP contribution in [-0.4, -0.2) is 31.7 Å². The van der Waals surface area contributed by atoms with Crippen molar-refractivity contribution < 1.29 is 31.1 Å². The van der Waals surface area contributed by atoms with E-state index in [9.17, 15) is 26.4 Å². The van der Waals surface area contributed by atoms with Crippen molar-refractivity contribution in [2.24, 2.45) is 5.92 Å². The molecule has 4 rings (SSSR count). The predicted molar refractivity (Wildman–Crippen MR) is 133 cm³/mol. The van der Waals surface area contributed by atoms with Gasteiger partial charge in [0, 0.05) is 11.3 Å². The third-order valence-electron chi connectivity index (χ3n) is 6.88. The van der Waals surface area contributed by atoms with Crippen LogP contribution in [0.2, 0.25) is 0 Å². The van der Waals surface area contributed by atoms with Gasteiger partial charge in [-0.3, -0.25) is 9.78 Å². The zero-order chi connectivity index (χ0) is 27.0. The summed E-state index contributed by atoms with van der Waals surface area (Å²) in [5.74, 6) is -0.146. The summed E-state index contributed by atoms with van der Waals surface area (Å²) in [4.78, 5) is 16.8. The minimum Gasteiger partial charge on any atom is -0.497 e. The minimum atomic E-state index is -4.64. The van der Waals surface area contributed by atoms with E-state index in [0.29, 0.717) is 11.8 Å². The minimum absolute atomic E-state index is 0.0421. The predicted octanol–water partition coefficient (Wildman–Crippen LogP) is 5.63. The Kier molecular flexibility index (Phi) is 7.07. The summed E-state index contributed by atoms with van der Waals surface area (Å²) in [6.07, 6.45) is -3.00. The average Bonchev–Trinajstić information content (AvgIpc) is 2.83. The lowest BCUT2D eigenvalue weighted by Crippen LogP contribution is -2.42. The van der Waals surface area contributed by atoms with E-state index in [-0.39, 0.29) is 23.6 Å². The van der Waals surface area contributed by atoms with Gasteiger partial charge < -0.3 is 10.1 Å². The SMILES string of the molecule is COc1ccc(C(C)(C)c2ccc(NC(=O)[C@H]3C[C@H](S(=O)(=O)c4cccc(C(F)(F)F)c4)C3)cn2)cc1. The number of alkyl halides is 3. The molecule has 10 heteroatoms. The molecule has 0 saturated heterocycles.